The summed E-state index contributed by atoms with van der Waals surface area (Å²) in [6, 6.07) is 8.15. The topological polar surface area (TPSA) is 28.2 Å². The standard InChI is InChI=1S/C16H18F3N3S/c17-16(18,19)14-10-21-15(23-14)20-9-12-4-3-5-13(8-12)11-22-6-1-2-7-22/h3-5,8,10H,1-2,6-7,9,11H2,(H,20,21). The van der Waals surface area contributed by atoms with E-state index < -0.39 is 11.1 Å². The van der Waals surface area contributed by atoms with Crippen molar-refractivity contribution in [1.82, 2.24) is 9.88 Å². The number of anilines is 1. The Labute approximate surface area is 137 Å². The zero-order valence-corrected chi connectivity index (χ0v) is 13.4. The third-order valence-electron chi connectivity index (χ3n) is 3.83. The van der Waals surface area contributed by atoms with Crippen molar-refractivity contribution in [2.75, 3.05) is 18.4 Å². The summed E-state index contributed by atoms with van der Waals surface area (Å²) in [6.07, 6.45) is -0.941. The van der Waals surface area contributed by atoms with Crippen LogP contribution in [-0.4, -0.2) is 23.0 Å². The minimum Gasteiger partial charge on any atom is -0.357 e. The van der Waals surface area contributed by atoms with Crippen molar-refractivity contribution in [2.24, 2.45) is 0 Å². The number of nitrogens with one attached hydrogen (secondary N) is 1. The number of benzene rings is 1. The van der Waals surface area contributed by atoms with Crippen LogP contribution in [-0.2, 0) is 19.3 Å². The summed E-state index contributed by atoms with van der Waals surface area (Å²) in [4.78, 5) is 5.52. The molecule has 1 N–H and O–H groups in total. The van der Waals surface area contributed by atoms with E-state index in [1.165, 1.54) is 18.4 Å². The predicted molar refractivity (Wildman–Crippen MR) is 85.4 cm³/mol. The molecule has 1 fully saturated rings. The van der Waals surface area contributed by atoms with E-state index in [0.717, 1.165) is 31.4 Å². The molecule has 3 nitrogen and oxygen atoms in total. The molecule has 1 aromatic carbocycles. The van der Waals surface area contributed by atoms with Crippen LogP contribution in [0.1, 0.15) is 28.8 Å². The van der Waals surface area contributed by atoms with Crippen molar-refractivity contribution < 1.29 is 13.2 Å². The molecule has 1 aromatic heterocycles. The van der Waals surface area contributed by atoms with Crippen LogP contribution in [0.15, 0.2) is 30.5 Å². The lowest BCUT2D eigenvalue weighted by atomic mass is 10.1. The van der Waals surface area contributed by atoms with E-state index in [1.54, 1.807) is 0 Å². The summed E-state index contributed by atoms with van der Waals surface area (Å²) in [5.41, 5.74) is 2.28. The second-order valence-corrected chi connectivity index (χ2v) is 6.71. The SMILES string of the molecule is FC(F)(F)c1cnc(NCc2cccc(CN3CCCC3)c2)s1. The molecule has 0 atom stereocenters. The van der Waals surface area contributed by atoms with Crippen LogP contribution in [0.4, 0.5) is 18.3 Å². The van der Waals surface area contributed by atoms with Crippen molar-refractivity contribution in [3.8, 4) is 0 Å². The fraction of sp³-hybridized carbons (Fsp3) is 0.438. The quantitative estimate of drug-likeness (QED) is 0.875. The van der Waals surface area contributed by atoms with E-state index in [2.05, 4.69) is 27.3 Å². The molecule has 0 aliphatic carbocycles. The summed E-state index contributed by atoms with van der Waals surface area (Å²) in [5, 5.41) is 3.26. The predicted octanol–water partition coefficient (Wildman–Crippen LogP) is 4.37. The highest BCUT2D eigenvalue weighted by Crippen LogP contribution is 2.35. The van der Waals surface area contributed by atoms with E-state index in [-0.39, 0.29) is 0 Å². The van der Waals surface area contributed by atoms with Gasteiger partial charge in [0.15, 0.2) is 5.13 Å². The van der Waals surface area contributed by atoms with Gasteiger partial charge in [0.25, 0.3) is 0 Å². The summed E-state index contributed by atoms with van der Waals surface area (Å²) >= 11 is 0.634. The first-order valence-electron chi connectivity index (χ1n) is 7.58. The maximum atomic E-state index is 12.5. The van der Waals surface area contributed by atoms with Gasteiger partial charge in [-0.2, -0.15) is 13.2 Å². The number of nitrogens with zero attached hydrogens (tertiary/aromatic N) is 2. The number of aromatic nitrogens is 1. The number of hydrogen-bond donors (Lipinski definition) is 1. The zero-order chi connectivity index (χ0) is 16.3. The second-order valence-electron chi connectivity index (χ2n) is 5.68. The Morgan fingerprint density at radius 3 is 2.61 bits per heavy atom. The summed E-state index contributed by atoms with van der Waals surface area (Å²) in [6.45, 7) is 3.69. The third kappa shape index (κ3) is 4.45. The molecule has 124 valence electrons. The lowest BCUT2D eigenvalue weighted by Gasteiger charge is -2.15. The van der Waals surface area contributed by atoms with Crippen molar-refractivity contribution >= 4 is 16.5 Å². The first-order valence-corrected chi connectivity index (χ1v) is 8.39. The number of likely N-dealkylation sites (tertiary alicyclic amines) is 1. The van der Waals surface area contributed by atoms with Crippen LogP contribution < -0.4 is 5.32 Å². The van der Waals surface area contributed by atoms with Gasteiger partial charge in [-0.3, -0.25) is 4.90 Å². The number of thiazole rings is 1. The molecule has 0 bridgehead atoms. The molecule has 2 aromatic rings. The average molecular weight is 341 g/mol. The summed E-state index contributed by atoms with van der Waals surface area (Å²) in [5.74, 6) is 0. The zero-order valence-electron chi connectivity index (χ0n) is 12.6. The van der Waals surface area contributed by atoms with Gasteiger partial charge < -0.3 is 5.32 Å². The highest BCUT2D eigenvalue weighted by molar-refractivity contribution is 7.15. The van der Waals surface area contributed by atoms with E-state index >= 15 is 0 Å². The van der Waals surface area contributed by atoms with Crippen molar-refractivity contribution in [2.45, 2.75) is 32.1 Å². The lowest BCUT2D eigenvalue weighted by Crippen LogP contribution is -2.18. The van der Waals surface area contributed by atoms with E-state index in [9.17, 15) is 13.2 Å². The minimum absolute atomic E-state index is 0.294. The van der Waals surface area contributed by atoms with Gasteiger partial charge in [-0.05, 0) is 37.1 Å². The van der Waals surface area contributed by atoms with E-state index in [0.29, 0.717) is 23.0 Å². The Morgan fingerprint density at radius 2 is 1.91 bits per heavy atom. The van der Waals surface area contributed by atoms with Crippen molar-refractivity contribution in [3.63, 3.8) is 0 Å². The van der Waals surface area contributed by atoms with Gasteiger partial charge in [-0.25, -0.2) is 4.98 Å². The smallest absolute Gasteiger partial charge is 0.357 e. The molecule has 1 saturated heterocycles. The molecular formula is C16H18F3N3S. The largest absolute Gasteiger partial charge is 0.427 e. The highest BCUT2D eigenvalue weighted by Gasteiger charge is 2.33. The average Bonchev–Trinajstić information content (AvgIpc) is 3.16. The number of hydrogen-bond acceptors (Lipinski definition) is 4. The number of rotatable bonds is 5. The molecule has 0 amide bonds. The molecular weight excluding hydrogens is 323 g/mol. The Morgan fingerprint density at radius 1 is 1.17 bits per heavy atom. The first kappa shape index (κ1) is 16.3. The molecule has 1 aliphatic heterocycles. The Bertz CT molecular complexity index is 648. The fourth-order valence-electron chi connectivity index (χ4n) is 2.70. The van der Waals surface area contributed by atoms with Crippen LogP contribution >= 0.6 is 11.3 Å². The molecule has 2 heterocycles. The van der Waals surface area contributed by atoms with Gasteiger partial charge in [-0.1, -0.05) is 35.6 Å². The molecule has 7 heteroatoms. The minimum atomic E-state index is -4.33. The van der Waals surface area contributed by atoms with Crippen LogP contribution in [0, 0.1) is 0 Å². The van der Waals surface area contributed by atoms with Crippen LogP contribution in [0.25, 0.3) is 0 Å². The molecule has 0 spiro atoms. The first-order chi connectivity index (χ1) is 11.0. The fourth-order valence-corrected chi connectivity index (χ4v) is 3.38. The maximum absolute atomic E-state index is 12.5. The van der Waals surface area contributed by atoms with Crippen molar-refractivity contribution in [1.29, 1.82) is 0 Å². The van der Waals surface area contributed by atoms with Crippen molar-refractivity contribution in [3.05, 3.63) is 46.5 Å². The Kier molecular flexibility index (Phi) is 4.87. The van der Waals surface area contributed by atoms with Gasteiger partial charge in [0, 0.05) is 13.1 Å². The second kappa shape index (κ2) is 6.88. The van der Waals surface area contributed by atoms with Crippen LogP contribution in [0.5, 0.6) is 0 Å². The molecule has 1 aliphatic rings. The Hall–Kier alpha value is -1.60. The highest BCUT2D eigenvalue weighted by atomic mass is 32.1. The lowest BCUT2D eigenvalue weighted by molar-refractivity contribution is -0.134. The maximum Gasteiger partial charge on any atom is 0.427 e. The third-order valence-corrected chi connectivity index (χ3v) is 4.82. The molecule has 0 saturated carbocycles. The van der Waals surface area contributed by atoms with Gasteiger partial charge in [-0.15, -0.1) is 0 Å². The van der Waals surface area contributed by atoms with Crippen LogP contribution in [0.2, 0.25) is 0 Å². The molecule has 0 radical (unpaired) electrons. The molecule has 23 heavy (non-hydrogen) atoms. The molecule has 3 rings (SSSR count). The normalized spacial score (nSPS) is 16.0. The van der Waals surface area contributed by atoms with E-state index in [1.807, 2.05) is 12.1 Å². The van der Waals surface area contributed by atoms with Gasteiger partial charge in [0.05, 0.1) is 6.20 Å². The van der Waals surface area contributed by atoms with Gasteiger partial charge in [0.2, 0.25) is 0 Å². The summed E-state index contributed by atoms with van der Waals surface area (Å²) in [7, 11) is 0. The van der Waals surface area contributed by atoms with E-state index in [4.69, 9.17) is 0 Å². The van der Waals surface area contributed by atoms with Crippen LogP contribution in [0.3, 0.4) is 0 Å². The Balaban J connectivity index is 1.58. The van der Waals surface area contributed by atoms with Gasteiger partial charge in [0.1, 0.15) is 4.88 Å². The monoisotopic (exact) mass is 341 g/mol. The number of halogens is 3. The molecule has 0 unspecified atom stereocenters. The summed E-state index contributed by atoms with van der Waals surface area (Å²) < 4.78 is 37.6. The van der Waals surface area contributed by atoms with Gasteiger partial charge >= 0.3 is 6.18 Å². The number of alkyl halides is 3.